The second kappa shape index (κ2) is 6.64. The molecule has 0 saturated carbocycles. The summed E-state index contributed by atoms with van der Waals surface area (Å²) in [5.41, 5.74) is -5.66. The lowest BCUT2D eigenvalue weighted by atomic mass is 9.96. The molecular weight excluding hydrogens is 387 g/mol. The molecule has 0 aliphatic rings. The molecule has 0 radical (unpaired) electrons. The average molecular weight is 392 g/mol. The van der Waals surface area contributed by atoms with E-state index in [1.165, 1.54) is 18.2 Å². The summed E-state index contributed by atoms with van der Waals surface area (Å²) in [7, 11) is 0. The number of halogens is 9. The van der Waals surface area contributed by atoms with Gasteiger partial charge in [-0.05, 0) is 5.56 Å². The molecule has 0 unspecified atom stereocenters. The van der Waals surface area contributed by atoms with Gasteiger partial charge < -0.3 is 0 Å². The molecule has 0 aliphatic heterocycles. The molecule has 9 heteroatoms. The van der Waals surface area contributed by atoms with Gasteiger partial charge in [0.2, 0.25) is 5.82 Å². The van der Waals surface area contributed by atoms with Crippen molar-refractivity contribution in [3.8, 4) is 22.3 Å². The molecule has 140 valence electrons. The number of hydrogen-bond donors (Lipinski definition) is 0. The van der Waals surface area contributed by atoms with Gasteiger partial charge in [-0.15, -0.1) is 0 Å². The minimum Gasteiger partial charge on any atom is -0.203 e. The van der Waals surface area contributed by atoms with Gasteiger partial charge in [0.25, 0.3) is 0 Å². The highest BCUT2D eigenvalue weighted by Crippen LogP contribution is 2.40. The monoisotopic (exact) mass is 392 g/mol. The fourth-order valence-corrected chi connectivity index (χ4v) is 2.53. The minimum atomic E-state index is -2.60. The molecule has 0 bridgehead atoms. The van der Waals surface area contributed by atoms with Gasteiger partial charge in [-0.25, -0.2) is 39.5 Å². The van der Waals surface area contributed by atoms with Crippen LogP contribution in [-0.2, 0) is 0 Å². The summed E-state index contributed by atoms with van der Waals surface area (Å²) in [4.78, 5) is 0. The summed E-state index contributed by atoms with van der Waals surface area (Å²) in [6.07, 6.45) is 0. The highest BCUT2D eigenvalue weighted by Gasteiger charge is 2.34. The molecule has 0 fully saturated rings. The summed E-state index contributed by atoms with van der Waals surface area (Å²) >= 11 is 0. The second-order valence-electron chi connectivity index (χ2n) is 5.32. The Morgan fingerprint density at radius 1 is 0.333 bits per heavy atom. The van der Waals surface area contributed by atoms with Crippen LogP contribution in [0, 0.1) is 52.4 Å². The van der Waals surface area contributed by atoms with Crippen molar-refractivity contribution in [2.75, 3.05) is 0 Å². The predicted molar refractivity (Wildman–Crippen MR) is 76.9 cm³/mol. The zero-order valence-electron chi connectivity index (χ0n) is 12.8. The van der Waals surface area contributed by atoms with Crippen LogP contribution in [0.15, 0.2) is 30.3 Å². The van der Waals surface area contributed by atoms with Crippen LogP contribution < -0.4 is 0 Å². The van der Waals surface area contributed by atoms with Crippen molar-refractivity contribution in [2.45, 2.75) is 0 Å². The van der Waals surface area contributed by atoms with Crippen molar-refractivity contribution in [3.05, 3.63) is 82.7 Å². The summed E-state index contributed by atoms with van der Waals surface area (Å²) in [6.45, 7) is 0. The molecule has 0 saturated heterocycles. The first kappa shape index (κ1) is 18.8. The normalized spacial score (nSPS) is 11.1. The van der Waals surface area contributed by atoms with Gasteiger partial charge in [0.15, 0.2) is 46.5 Å². The van der Waals surface area contributed by atoms with Crippen molar-refractivity contribution in [1.29, 1.82) is 0 Å². The van der Waals surface area contributed by atoms with Crippen LogP contribution in [-0.4, -0.2) is 0 Å². The minimum absolute atomic E-state index is 0.311. The Balaban J connectivity index is 2.42. The molecule has 0 amide bonds. The highest BCUT2D eigenvalue weighted by atomic mass is 19.2. The van der Waals surface area contributed by atoms with E-state index in [1.54, 1.807) is 0 Å². The first-order valence-corrected chi connectivity index (χ1v) is 7.11. The standard InChI is InChI=1S/C18H5F9/c19-10-7(6-4-2-1-3-5-6)11(20)13(22)8(12(10)21)9-14(23)16(25)18(27)17(26)15(9)24/h1-5H. The molecule has 0 nitrogen and oxygen atoms in total. The Kier molecular flexibility index (Phi) is 4.63. The first-order chi connectivity index (χ1) is 12.7. The van der Waals surface area contributed by atoms with Crippen molar-refractivity contribution in [1.82, 2.24) is 0 Å². The summed E-state index contributed by atoms with van der Waals surface area (Å²) in [5.74, 6) is -21.6. The predicted octanol–water partition coefficient (Wildman–Crippen LogP) is 6.27. The molecular formula is C18H5F9. The van der Waals surface area contributed by atoms with Crippen molar-refractivity contribution < 1.29 is 39.5 Å². The molecule has 0 atom stereocenters. The van der Waals surface area contributed by atoms with Gasteiger partial charge in [0.1, 0.15) is 0 Å². The van der Waals surface area contributed by atoms with E-state index in [9.17, 15) is 39.5 Å². The summed E-state index contributed by atoms with van der Waals surface area (Å²) < 4.78 is 125. The van der Waals surface area contributed by atoms with Crippen molar-refractivity contribution in [2.24, 2.45) is 0 Å². The van der Waals surface area contributed by atoms with E-state index in [0.717, 1.165) is 12.1 Å². The molecule has 0 aromatic heterocycles. The van der Waals surface area contributed by atoms with Gasteiger partial charge in [-0.2, -0.15) is 0 Å². The van der Waals surface area contributed by atoms with E-state index < -0.39 is 69.0 Å². The molecule has 0 heterocycles. The van der Waals surface area contributed by atoms with Gasteiger partial charge in [0, 0.05) is 0 Å². The second-order valence-corrected chi connectivity index (χ2v) is 5.32. The zero-order chi connectivity index (χ0) is 20.0. The quantitative estimate of drug-likeness (QED) is 0.274. The van der Waals surface area contributed by atoms with Crippen LogP contribution in [0.25, 0.3) is 22.3 Å². The van der Waals surface area contributed by atoms with Gasteiger partial charge in [-0.1, -0.05) is 30.3 Å². The molecule has 3 aromatic carbocycles. The zero-order valence-corrected chi connectivity index (χ0v) is 12.8. The van der Waals surface area contributed by atoms with E-state index in [0.29, 0.717) is 0 Å². The van der Waals surface area contributed by atoms with Crippen LogP contribution in [0.2, 0.25) is 0 Å². The van der Waals surface area contributed by atoms with E-state index in [2.05, 4.69) is 0 Å². The molecule has 3 aromatic rings. The Labute approximate surface area is 145 Å². The number of rotatable bonds is 2. The third kappa shape index (κ3) is 2.73. The first-order valence-electron chi connectivity index (χ1n) is 7.11. The fourth-order valence-electron chi connectivity index (χ4n) is 2.53. The van der Waals surface area contributed by atoms with Crippen LogP contribution in [0.5, 0.6) is 0 Å². The Bertz CT molecular complexity index is 1000. The van der Waals surface area contributed by atoms with Gasteiger partial charge >= 0.3 is 0 Å². The Morgan fingerprint density at radius 2 is 0.630 bits per heavy atom. The lowest BCUT2D eigenvalue weighted by molar-refractivity contribution is 0.379. The SMILES string of the molecule is Fc1c(F)c(F)c(-c2c(F)c(F)c(-c3ccccc3)c(F)c2F)c(F)c1F. The van der Waals surface area contributed by atoms with Gasteiger partial charge in [0.05, 0.1) is 16.7 Å². The lowest BCUT2D eigenvalue weighted by Crippen LogP contribution is -2.09. The molecule has 0 spiro atoms. The third-order valence-electron chi connectivity index (χ3n) is 3.79. The molecule has 27 heavy (non-hydrogen) atoms. The van der Waals surface area contributed by atoms with E-state index in [1.807, 2.05) is 0 Å². The maximum Gasteiger partial charge on any atom is 0.200 e. The van der Waals surface area contributed by atoms with E-state index >= 15 is 0 Å². The van der Waals surface area contributed by atoms with Crippen LogP contribution in [0.1, 0.15) is 0 Å². The number of hydrogen-bond acceptors (Lipinski definition) is 0. The average Bonchev–Trinajstić information content (AvgIpc) is 2.67. The van der Waals surface area contributed by atoms with Crippen molar-refractivity contribution in [3.63, 3.8) is 0 Å². The molecule has 0 N–H and O–H groups in total. The maximum atomic E-state index is 14.3. The molecule has 3 rings (SSSR count). The molecule has 0 aliphatic carbocycles. The highest BCUT2D eigenvalue weighted by molar-refractivity contribution is 5.74. The van der Waals surface area contributed by atoms with Crippen LogP contribution in [0.3, 0.4) is 0 Å². The number of benzene rings is 3. The van der Waals surface area contributed by atoms with Gasteiger partial charge in [-0.3, -0.25) is 0 Å². The smallest absolute Gasteiger partial charge is 0.200 e. The Hall–Kier alpha value is -2.97. The Morgan fingerprint density at radius 3 is 1.04 bits per heavy atom. The summed E-state index contributed by atoms with van der Waals surface area (Å²) in [5, 5.41) is 0. The maximum absolute atomic E-state index is 14.3. The topological polar surface area (TPSA) is 0 Å². The van der Waals surface area contributed by atoms with E-state index in [-0.39, 0.29) is 5.56 Å². The largest absolute Gasteiger partial charge is 0.203 e. The third-order valence-corrected chi connectivity index (χ3v) is 3.79. The van der Waals surface area contributed by atoms with E-state index in [4.69, 9.17) is 0 Å². The lowest BCUT2D eigenvalue weighted by Gasteiger charge is -2.14. The fraction of sp³-hybridized carbons (Fsp3) is 0. The van der Waals surface area contributed by atoms with Crippen molar-refractivity contribution >= 4 is 0 Å². The van der Waals surface area contributed by atoms with Crippen LogP contribution >= 0.6 is 0 Å². The summed E-state index contributed by atoms with van der Waals surface area (Å²) in [6, 6.07) is 6.22. The van der Waals surface area contributed by atoms with Crippen LogP contribution in [0.4, 0.5) is 39.5 Å².